The lowest BCUT2D eigenvalue weighted by Crippen LogP contribution is -2.44. The molecular weight excluding hydrogens is 210 g/mol. The quantitative estimate of drug-likeness (QED) is 0.863. The topological polar surface area (TPSA) is 23.5 Å². The number of aliphatic hydroxyl groups is 1. The van der Waals surface area contributed by atoms with Crippen LogP contribution in [0.4, 0.5) is 0 Å². The van der Waals surface area contributed by atoms with Gasteiger partial charge in [-0.25, -0.2) is 0 Å². The monoisotopic (exact) mass is 233 g/mol. The Balaban J connectivity index is 2.04. The Hall–Kier alpha value is -0.860. The average molecular weight is 233 g/mol. The summed E-state index contributed by atoms with van der Waals surface area (Å²) >= 11 is 0. The van der Waals surface area contributed by atoms with Gasteiger partial charge in [0.1, 0.15) is 0 Å². The molecule has 1 N–H and O–H groups in total. The Bertz CT molecular complexity index is 338. The summed E-state index contributed by atoms with van der Waals surface area (Å²) in [5.41, 5.74) is 1.74. The molecule has 0 bridgehead atoms. The first-order chi connectivity index (χ1) is 8.24. The van der Waals surface area contributed by atoms with Gasteiger partial charge in [-0.1, -0.05) is 37.3 Å². The zero-order chi connectivity index (χ0) is 12.1. The second kappa shape index (κ2) is 5.65. The lowest BCUT2D eigenvalue weighted by molar-refractivity contribution is 0.144. The summed E-state index contributed by atoms with van der Waals surface area (Å²) in [5.74, 6) is 0. The highest BCUT2D eigenvalue weighted by molar-refractivity contribution is 5.25. The zero-order valence-electron chi connectivity index (χ0n) is 10.7. The first kappa shape index (κ1) is 12.6. The average Bonchev–Trinajstić information content (AvgIpc) is 2.38. The van der Waals surface area contributed by atoms with E-state index in [4.69, 9.17) is 5.11 Å². The number of nitrogens with zero attached hydrogens (tertiary/aromatic N) is 1. The second-order valence-electron chi connectivity index (χ2n) is 5.38. The summed E-state index contributed by atoms with van der Waals surface area (Å²) in [7, 11) is 0. The van der Waals surface area contributed by atoms with Crippen LogP contribution in [0, 0.1) is 0 Å². The highest BCUT2D eigenvalue weighted by atomic mass is 16.3. The third kappa shape index (κ3) is 3.08. The molecule has 0 saturated carbocycles. The molecular formula is C15H23NO. The minimum absolute atomic E-state index is 0.287. The van der Waals surface area contributed by atoms with Crippen LogP contribution in [0.3, 0.4) is 0 Å². The van der Waals surface area contributed by atoms with Gasteiger partial charge >= 0.3 is 0 Å². The van der Waals surface area contributed by atoms with Gasteiger partial charge in [0, 0.05) is 25.1 Å². The molecule has 0 unspecified atom stereocenters. The van der Waals surface area contributed by atoms with Crippen molar-refractivity contribution in [1.29, 1.82) is 0 Å². The van der Waals surface area contributed by atoms with E-state index in [1.54, 1.807) is 0 Å². The van der Waals surface area contributed by atoms with Gasteiger partial charge in [-0.2, -0.15) is 0 Å². The van der Waals surface area contributed by atoms with Crippen molar-refractivity contribution in [1.82, 2.24) is 4.90 Å². The maximum atomic E-state index is 8.92. The molecule has 1 aliphatic heterocycles. The Morgan fingerprint density at radius 2 is 2.06 bits per heavy atom. The minimum Gasteiger partial charge on any atom is -0.396 e. The van der Waals surface area contributed by atoms with E-state index in [1.807, 2.05) is 0 Å². The molecule has 1 heterocycles. The van der Waals surface area contributed by atoms with Gasteiger partial charge in [-0.05, 0) is 31.4 Å². The molecule has 0 aliphatic carbocycles. The molecule has 1 saturated heterocycles. The van der Waals surface area contributed by atoms with Crippen LogP contribution >= 0.6 is 0 Å². The van der Waals surface area contributed by atoms with Gasteiger partial charge in [-0.15, -0.1) is 0 Å². The summed E-state index contributed by atoms with van der Waals surface area (Å²) in [6.45, 7) is 6.00. The van der Waals surface area contributed by atoms with Crippen LogP contribution in [0.25, 0.3) is 0 Å². The standard InChI is InChI=1S/C15H23NO/c1-15(14-7-3-2-4-8-14)9-5-10-16(13-15)11-6-12-17/h2-4,7-8,17H,5-6,9-13H2,1H3/t15-/m1/s1. The van der Waals surface area contributed by atoms with Gasteiger partial charge in [-0.3, -0.25) is 0 Å². The number of aliphatic hydroxyl groups excluding tert-OH is 1. The molecule has 0 amide bonds. The van der Waals surface area contributed by atoms with Crippen LogP contribution < -0.4 is 0 Å². The van der Waals surface area contributed by atoms with E-state index in [0.717, 1.165) is 19.5 Å². The fourth-order valence-corrected chi connectivity index (χ4v) is 2.91. The molecule has 2 rings (SSSR count). The van der Waals surface area contributed by atoms with E-state index in [2.05, 4.69) is 42.2 Å². The van der Waals surface area contributed by atoms with Gasteiger partial charge in [0.2, 0.25) is 0 Å². The van der Waals surface area contributed by atoms with Crippen molar-refractivity contribution in [3.05, 3.63) is 35.9 Å². The highest BCUT2D eigenvalue weighted by Crippen LogP contribution is 2.33. The molecule has 0 radical (unpaired) electrons. The molecule has 2 nitrogen and oxygen atoms in total. The number of hydrogen-bond donors (Lipinski definition) is 1. The maximum Gasteiger partial charge on any atom is 0.0443 e. The molecule has 0 spiro atoms. The minimum atomic E-state index is 0.287. The molecule has 94 valence electrons. The SMILES string of the molecule is C[C@@]1(c2ccccc2)CCCN(CCCO)C1. The van der Waals surface area contributed by atoms with E-state index in [-0.39, 0.29) is 5.41 Å². The van der Waals surface area contributed by atoms with Gasteiger partial charge in [0.05, 0.1) is 0 Å². The summed E-state index contributed by atoms with van der Waals surface area (Å²) in [4.78, 5) is 2.49. The first-order valence-electron chi connectivity index (χ1n) is 6.63. The Morgan fingerprint density at radius 3 is 2.76 bits per heavy atom. The molecule has 17 heavy (non-hydrogen) atoms. The first-order valence-corrected chi connectivity index (χ1v) is 6.63. The summed E-state index contributed by atoms with van der Waals surface area (Å²) in [6, 6.07) is 10.8. The number of likely N-dealkylation sites (tertiary alicyclic amines) is 1. The summed E-state index contributed by atoms with van der Waals surface area (Å²) in [5, 5.41) is 8.92. The molecule has 2 heteroatoms. The molecule has 1 fully saturated rings. The second-order valence-corrected chi connectivity index (χ2v) is 5.38. The summed E-state index contributed by atoms with van der Waals surface area (Å²) in [6.07, 6.45) is 3.42. The number of piperidine rings is 1. The van der Waals surface area contributed by atoms with E-state index < -0.39 is 0 Å². The van der Waals surface area contributed by atoms with E-state index in [9.17, 15) is 0 Å². The van der Waals surface area contributed by atoms with Crippen LogP contribution in [0.5, 0.6) is 0 Å². The van der Waals surface area contributed by atoms with Crippen molar-refractivity contribution in [3.63, 3.8) is 0 Å². The Kier molecular flexibility index (Phi) is 4.19. The predicted molar refractivity (Wildman–Crippen MR) is 71.2 cm³/mol. The number of rotatable bonds is 4. The third-order valence-electron chi connectivity index (χ3n) is 3.88. The molecule has 1 aromatic carbocycles. The Labute approximate surface area is 104 Å². The predicted octanol–water partition coefficient (Wildman–Crippen LogP) is 2.42. The zero-order valence-corrected chi connectivity index (χ0v) is 10.7. The van der Waals surface area contributed by atoms with Crippen molar-refractivity contribution < 1.29 is 5.11 Å². The van der Waals surface area contributed by atoms with Crippen LogP contribution in [-0.2, 0) is 5.41 Å². The highest BCUT2D eigenvalue weighted by Gasteiger charge is 2.31. The van der Waals surface area contributed by atoms with Crippen LogP contribution in [0.2, 0.25) is 0 Å². The van der Waals surface area contributed by atoms with Gasteiger partial charge < -0.3 is 10.0 Å². The molecule has 1 atom stereocenters. The van der Waals surface area contributed by atoms with Crippen molar-refractivity contribution in [2.24, 2.45) is 0 Å². The van der Waals surface area contributed by atoms with E-state index in [0.29, 0.717) is 6.61 Å². The van der Waals surface area contributed by atoms with Crippen LogP contribution in [-0.4, -0.2) is 36.2 Å². The fourth-order valence-electron chi connectivity index (χ4n) is 2.91. The smallest absolute Gasteiger partial charge is 0.0443 e. The van der Waals surface area contributed by atoms with Crippen LogP contribution in [0.1, 0.15) is 31.7 Å². The van der Waals surface area contributed by atoms with E-state index in [1.165, 1.54) is 24.9 Å². The van der Waals surface area contributed by atoms with Crippen molar-refractivity contribution in [2.75, 3.05) is 26.2 Å². The van der Waals surface area contributed by atoms with Crippen molar-refractivity contribution >= 4 is 0 Å². The van der Waals surface area contributed by atoms with Gasteiger partial charge in [0.15, 0.2) is 0 Å². The lowest BCUT2D eigenvalue weighted by Gasteiger charge is -2.41. The molecule has 1 aliphatic rings. The largest absolute Gasteiger partial charge is 0.396 e. The molecule has 0 aromatic heterocycles. The van der Waals surface area contributed by atoms with Crippen LogP contribution in [0.15, 0.2) is 30.3 Å². The number of hydrogen-bond acceptors (Lipinski definition) is 2. The number of benzene rings is 1. The van der Waals surface area contributed by atoms with E-state index >= 15 is 0 Å². The summed E-state index contributed by atoms with van der Waals surface area (Å²) < 4.78 is 0. The lowest BCUT2D eigenvalue weighted by atomic mass is 9.76. The van der Waals surface area contributed by atoms with Crippen molar-refractivity contribution in [2.45, 2.75) is 31.6 Å². The third-order valence-corrected chi connectivity index (χ3v) is 3.88. The fraction of sp³-hybridized carbons (Fsp3) is 0.600. The van der Waals surface area contributed by atoms with Gasteiger partial charge in [0.25, 0.3) is 0 Å². The normalized spacial score (nSPS) is 26.0. The Morgan fingerprint density at radius 1 is 1.29 bits per heavy atom. The maximum absolute atomic E-state index is 8.92. The molecule has 1 aromatic rings. The van der Waals surface area contributed by atoms with Crippen molar-refractivity contribution in [3.8, 4) is 0 Å².